The number of nitrogen functional groups attached to an aromatic ring is 1. The highest BCUT2D eigenvalue weighted by molar-refractivity contribution is 9.10. The van der Waals surface area contributed by atoms with E-state index in [0.29, 0.717) is 5.56 Å². The number of halogens is 1. The molecule has 0 unspecified atom stereocenters. The van der Waals surface area contributed by atoms with Crippen LogP contribution in [0.3, 0.4) is 0 Å². The standard InChI is InChI=1S/C19H14BrN3/c1-12-6-2-3-7-13(12)15-10-18(23-19(22)16(15)11-21)14-8-4-5-9-17(14)20/h2-10H,1H3,(H2,22,23). The van der Waals surface area contributed by atoms with Gasteiger partial charge in [0.1, 0.15) is 17.5 Å². The van der Waals surface area contributed by atoms with Crippen LogP contribution in [0, 0.1) is 18.3 Å². The van der Waals surface area contributed by atoms with Gasteiger partial charge in [0, 0.05) is 15.6 Å². The van der Waals surface area contributed by atoms with Crippen LogP contribution in [0.15, 0.2) is 59.1 Å². The van der Waals surface area contributed by atoms with Gasteiger partial charge in [-0.05, 0) is 30.2 Å². The molecule has 1 heterocycles. The number of nitrogens with zero attached hydrogens (tertiary/aromatic N) is 2. The number of hydrogen-bond donors (Lipinski definition) is 1. The van der Waals surface area contributed by atoms with E-state index in [1.165, 1.54) is 0 Å². The summed E-state index contributed by atoms with van der Waals surface area (Å²) in [5, 5.41) is 9.49. The zero-order valence-corrected chi connectivity index (χ0v) is 14.1. The maximum atomic E-state index is 9.49. The lowest BCUT2D eigenvalue weighted by molar-refractivity contribution is 1.30. The summed E-state index contributed by atoms with van der Waals surface area (Å²) in [5.41, 5.74) is 11.0. The Hall–Kier alpha value is -2.64. The molecule has 1 aromatic heterocycles. The lowest BCUT2D eigenvalue weighted by Gasteiger charge is -2.12. The van der Waals surface area contributed by atoms with Gasteiger partial charge in [-0.3, -0.25) is 0 Å². The van der Waals surface area contributed by atoms with Gasteiger partial charge < -0.3 is 5.73 Å². The third-order valence-electron chi connectivity index (χ3n) is 3.74. The number of anilines is 1. The first kappa shape index (κ1) is 15.3. The first-order valence-electron chi connectivity index (χ1n) is 7.13. The quantitative estimate of drug-likeness (QED) is 0.701. The molecular formula is C19H14BrN3. The second kappa shape index (κ2) is 6.23. The fraction of sp³-hybridized carbons (Fsp3) is 0.0526. The summed E-state index contributed by atoms with van der Waals surface area (Å²) >= 11 is 3.54. The molecule has 0 aliphatic rings. The van der Waals surface area contributed by atoms with E-state index in [9.17, 15) is 5.26 Å². The molecule has 3 rings (SSSR count). The molecule has 0 fully saturated rings. The average molecular weight is 364 g/mol. The molecule has 2 aromatic carbocycles. The number of pyridine rings is 1. The third kappa shape index (κ3) is 2.84. The van der Waals surface area contributed by atoms with E-state index >= 15 is 0 Å². The fourth-order valence-electron chi connectivity index (χ4n) is 2.58. The minimum Gasteiger partial charge on any atom is -0.383 e. The topological polar surface area (TPSA) is 62.7 Å². The number of nitriles is 1. The Kier molecular flexibility index (Phi) is 4.14. The maximum Gasteiger partial charge on any atom is 0.142 e. The SMILES string of the molecule is Cc1ccccc1-c1cc(-c2ccccc2Br)nc(N)c1C#N. The second-order valence-corrected chi connectivity index (χ2v) is 6.08. The Morgan fingerprint density at radius 1 is 1.00 bits per heavy atom. The normalized spacial score (nSPS) is 10.3. The molecule has 0 aliphatic heterocycles. The minimum absolute atomic E-state index is 0.249. The minimum atomic E-state index is 0.249. The molecule has 0 radical (unpaired) electrons. The van der Waals surface area contributed by atoms with E-state index in [1.54, 1.807) is 0 Å². The number of hydrogen-bond acceptors (Lipinski definition) is 3. The van der Waals surface area contributed by atoms with Gasteiger partial charge in [-0.2, -0.15) is 5.26 Å². The Morgan fingerprint density at radius 2 is 1.65 bits per heavy atom. The van der Waals surface area contributed by atoms with E-state index < -0.39 is 0 Å². The van der Waals surface area contributed by atoms with Gasteiger partial charge in [-0.25, -0.2) is 4.98 Å². The van der Waals surface area contributed by atoms with Gasteiger partial charge in [0.2, 0.25) is 0 Å². The smallest absolute Gasteiger partial charge is 0.142 e. The van der Waals surface area contributed by atoms with Crippen LogP contribution in [0.4, 0.5) is 5.82 Å². The summed E-state index contributed by atoms with van der Waals surface area (Å²) < 4.78 is 0.937. The van der Waals surface area contributed by atoms with Crippen molar-refractivity contribution in [2.24, 2.45) is 0 Å². The summed E-state index contributed by atoms with van der Waals surface area (Å²) in [6, 6.07) is 19.9. The lowest BCUT2D eigenvalue weighted by atomic mass is 9.95. The first-order valence-corrected chi connectivity index (χ1v) is 7.92. The molecule has 4 heteroatoms. The van der Waals surface area contributed by atoms with E-state index in [2.05, 4.69) is 27.0 Å². The van der Waals surface area contributed by atoms with Crippen LogP contribution in [-0.2, 0) is 0 Å². The van der Waals surface area contributed by atoms with Crippen molar-refractivity contribution in [3.8, 4) is 28.5 Å². The summed E-state index contributed by atoms with van der Waals surface area (Å²) in [5.74, 6) is 0.249. The number of aromatic nitrogens is 1. The van der Waals surface area contributed by atoms with Crippen LogP contribution < -0.4 is 5.73 Å². The monoisotopic (exact) mass is 363 g/mol. The molecule has 0 spiro atoms. The number of benzene rings is 2. The van der Waals surface area contributed by atoms with Gasteiger partial charge in [-0.15, -0.1) is 0 Å². The van der Waals surface area contributed by atoms with Crippen molar-refractivity contribution in [3.63, 3.8) is 0 Å². The first-order chi connectivity index (χ1) is 11.1. The van der Waals surface area contributed by atoms with Crippen LogP contribution in [-0.4, -0.2) is 4.98 Å². The Bertz CT molecular complexity index is 926. The molecule has 0 amide bonds. The van der Waals surface area contributed by atoms with E-state index in [-0.39, 0.29) is 5.82 Å². The van der Waals surface area contributed by atoms with Crippen molar-refractivity contribution in [1.29, 1.82) is 5.26 Å². The molecule has 2 N–H and O–H groups in total. The van der Waals surface area contributed by atoms with Gasteiger partial charge in [-0.1, -0.05) is 58.4 Å². The Labute approximate surface area is 143 Å². The van der Waals surface area contributed by atoms with Crippen LogP contribution in [0.1, 0.15) is 11.1 Å². The van der Waals surface area contributed by atoms with Gasteiger partial charge in [0.15, 0.2) is 0 Å². The van der Waals surface area contributed by atoms with Crippen LogP contribution in [0.2, 0.25) is 0 Å². The molecule has 0 saturated heterocycles. The Balaban J connectivity index is 2.30. The van der Waals surface area contributed by atoms with Crippen molar-refractivity contribution in [1.82, 2.24) is 4.98 Å². The molecule has 0 aliphatic carbocycles. The van der Waals surface area contributed by atoms with Crippen molar-refractivity contribution in [2.45, 2.75) is 6.92 Å². The third-order valence-corrected chi connectivity index (χ3v) is 4.44. The van der Waals surface area contributed by atoms with E-state index in [1.807, 2.05) is 61.5 Å². The number of aryl methyl sites for hydroxylation is 1. The molecule has 0 saturated carbocycles. The lowest BCUT2D eigenvalue weighted by Crippen LogP contribution is -2.00. The zero-order valence-electron chi connectivity index (χ0n) is 12.5. The van der Waals surface area contributed by atoms with Crippen LogP contribution in [0.5, 0.6) is 0 Å². The summed E-state index contributed by atoms with van der Waals surface area (Å²) in [6.45, 7) is 2.02. The van der Waals surface area contributed by atoms with Crippen molar-refractivity contribution >= 4 is 21.7 Å². The maximum absolute atomic E-state index is 9.49. The molecule has 0 atom stereocenters. The molecule has 0 bridgehead atoms. The number of nitrogens with two attached hydrogens (primary N) is 1. The van der Waals surface area contributed by atoms with Crippen LogP contribution in [0.25, 0.3) is 22.4 Å². The predicted octanol–water partition coefficient (Wildman–Crippen LogP) is 4.94. The van der Waals surface area contributed by atoms with Gasteiger partial charge in [0.05, 0.1) is 5.69 Å². The van der Waals surface area contributed by atoms with E-state index in [4.69, 9.17) is 5.73 Å². The van der Waals surface area contributed by atoms with Crippen molar-refractivity contribution in [3.05, 3.63) is 70.2 Å². The van der Waals surface area contributed by atoms with Crippen molar-refractivity contribution < 1.29 is 0 Å². The second-order valence-electron chi connectivity index (χ2n) is 5.22. The van der Waals surface area contributed by atoms with Crippen molar-refractivity contribution in [2.75, 3.05) is 5.73 Å². The average Bonchev–Trinajstić information content (AvgIpc) is 2.55. The highest BCUT2D eigenvalue weighted by atomic mass is 79.9. The predicted molar refractivity (Wildman–Crippen MR) is 96.7 cm³/mol. The van der Waals surface area contributed by atoms with Gasteiger partial charge >= 0.3 is 0 Å². The van der Waals surface area contributed by atoms with Gasteiger partial charge in [0.25, 0.3) is 0 Å². The highest BCUT2D eigenvalue weighted by Gasteiger charge is 2.15. The summed E-state index contributed by atoms with van der Waals surface area (Å²) in [6.07, 6.45) is 0. The fourth-order valence-corrected chi connectivity index (χ4v) is 3.06. The summed E-state index contributed by atoms with van der Waals surface area (Å²) in [4.78, 5) is 4.42. The van der Waals surface area contributed by atoms with E-state index in [0.717, 1.165) is 32.4 Å². The van der Waals surface area contributed by atoms with Crippen LogP contribution >= 0.6 is 15.9 Å². The zero-order chi connectivity index (χ0) is 16.4. The summed E-state index contributed by atoms with van der Waals surface area (Å²) in [7, 11) is 0. The molecule has 3 aromatic rings. The Morgan fingerprint density at radius 3 is 2.30 bits per heavy atom. The molecule has 3 nitrogen and oxygen atoms in total. The molecule has 23 heavy (non-hydrogen) atoms. The molecular weight excluding hydrogens is 350 g/mol. The number of rotatable bonds is 2. The largest absolute Gasteiger partial charge is 0.383 e. The highest BCUT2D eigenvalue weighted by Crippen LogP contribution is 2.34. The molecule has 112 valence electrons.